The number of aromatic nitrogens is 1. The van der Waals surface area contributed by atoms with Gasteiger partial charge in [-0.1, -0.05) is 97.9 Å². The Labute approximate surface area is 278 Å². The summed E-state index contributed by atoms with van der Waals surface area (Å²) in [5, 5.41) is 23.5. The molecular formula is C38H36N2O8. The van der Waals surface area contributed by atoms with E-state index in [0.29, 0.717) is 17.1 Å². The molecule has 1 amide bonds. The molecule has 3 heterocycles. The van der Waals surface area contributed by atoms with Crippen molar-refractivity contribution in [2.45, 2.75) is 45.1 Å². The second-order valence-corrected chi connectivity index (χ2v) is 11.6. The largest absolute Gasteiger partial charge is 0.494 e. The van der Waals surface area contributed by atoms with Crippen molar-refractivity contribution in [3.63, 3.8) is 0 Å². The van der Waals surface area contributed by atoms with Crippen LogP contribution in [0.4, 0.5) is 4.79 Å². The molecule has 10 heteroatoms. The van der Waals surface area contributed by atoms with Crippen LogP contribution in [0, 0.1) is 0 Å². The Balaban J connectivity index is 1.41. The standard InChI is InChI=1S/C38H36N2O8/c1-3-32(40-30(41)19-20-31(40)42)48-36(43)38(2,39-37(44)45-23-25-13-7-4-8-14-25)22-28-21-29-33(26-15-9-5-10-16-26)34(35(28)47-24-46-29)27-17-11-6-12-18-27/h4-21,32,41-42H,3,22-24H2,1-2H3,(H,39,44)/t32?,38-/m0/s1. The number of aromatic hydroxyl groups is 2. The highest BCUT2D eigenvalue weighted by Gasteiger charge is 2.41. The fraction of sp³-hybridized carbons (Fsp3) is 0.211. The van der Waals surface area contributed by atoms with Crippen LogP contribution >= 0.6 is 0 Å². The van der Waals surface area contributed by atoms with Crippen molar-refractivity contribution in [2.24, 2.45) is 0 Å². The van der Waals surface area contributed by atoms with Crippen molar-refractivity contribution >= 4 is 12.1 Å². The number of alkyl carbamates (subject to hydrolysis) is 1. The van der Waals surface area contributed by atoms with Crippen LogP contribution in [0.2, 0.25) is 0 Å². The number of carbonyl (C=O) groups is 2. The number of hydrogen-bond donors (Lipinski definition) is 3. The third-order valence-electron chi connectivity index (χ3n) is 8.20. The highest BCUT2D eigenvalue weighted by molar-refractivity contribution is 5.93. The molecule has 0 saturated heterocycles. The van der Waals surface area contributed by atoms with Gasteiger partial charge in [-0.15, -0.1) is 0 Å². The SMILES string of the molecule is CCC(OC(=O)[C@](C)(Cc1cc2c(-c3ccccc3)c(-c3ccccc3)c1OCO2)NC(=O)OCc1ccccc1)n1c(O)ccc1O. The fourth-order valence-corrected chi connectivity index (χ4v) is 5.85. The highest BCUT2D eigenvalue weighted by Crippen LogP contribution is 2.49. The Morgan fingerprint density at radius 1 is 0.854 bits per heavy atom. The lowest BCUT2D eigenvalue weighted by Crippen LogP contribution is -2.55. The molecule has 10 nitrogen and oxygen atoms in total. The summed E-state index contributed by atoms with van der Waals surface area (Å²) >= 11 is 0. The summed E-state index contributed by atoms with van der Waals surface area (Å²) in [6.45, 7) is 3.20. The van der Waals surface area contributed by atoms with Gasteiger partial charge in [-0.25, -0.2) is 14.2 Å². The summed E-state index contributed by atoms with van der Waals surface area (Å²) in [7, 11) is 0. The number of amides is 1. The molecule has 2 bridgehead atoms. The van der Waals surface area contributed by atoms with E-state index in [9.17, 15) is 19.8 Å². The molecule has 0 spiro atoms. The number of carbonyl (C=O) groups excluding carboxylic acids is 2. The van der Waals surface area contributed by atoms with Crippen molar-refractivity contribution in [2.75, 3.05) is 6.79 Å². The smallest absolute Gasteiger partial charge is 0.408 e. The fourth-order valence-electron chi connectivity index (χ4n) is 5.85. The summed E-state index contributed by atoms with van der Waals surface area (Å²) in [6.07, 6.45) is -1.77. The van der Waals surface area contributed by atoms with Gasteiger partial charge in [0.05, 0.1) is 0 Å². The molecular weight excluding hydrogens is 612 g/mol. The van der Waals surface area contributed by atoms with Crippen LogP contribution < -0.4 is 14.8 Å². The number of rotatable bonds is 11. The average molecular weight is 649 g/mol. The first-order valence-electron chi connectivity index (χ1n) is 15.6. The summed E-state index contributed by atoms with van der Waals surface area (Å²) in [5.41, 5.74) is 3.07. The maximum absolute atomic E-state index is 14.2. The van der Waals surface area contributed by atoms with E-state index in [1.165, 1.54) is 19.1 Å². The molecule has 48 heavy (non-hydrogen) atoms. The summed E-state index contributed by atoms with van der Waals surface area (Å²) in [6, 6.07) is 33.1. The molecule has 3 N–H and O–H groups in total. The first-order chi connectivity index (χ1) is 23.3. The third kappa shape index (κ3) is 6.64. The topological polar surface area (TPSA) is 128 Å². The van der Waals surface area contributed by atoms with Gasteiger partial charge in [-0.05, 0) is 29.7 Å². The quantitative estimate of drug-likeness (QED) is 0.127. The van der Waals surface area contributed by atoms with E-state index in [1.54, 1.807) is 6.92 Å². The van der Waals surface area contributed by atoms with Crippen LogP contribution in [-0.2, 0) is 27.3 Å². The van der Waals surface area contributed by atoms with Gasteiger partial charge >= 0.3 is 12.1 Å². The molecule has 5 aromatic rings. The van der Waals surface area contributed by atoms with E-state index in [4.69, 9.17) is 18.9 Å². The monoisotopic (exact) mass is 648 g/mol. The van der Waals surface area contributed by atoms with E-state index in [0.717, 1.165) is 32.4 Å². The van der Waals surface area contributed by atoms with E-state index in [-0.39, 0.29) is 38.0 Å². The maximum atomic E-state index is 14.2. The average Bonchev–Trinajstić information content (AvgIpc) is 3.24. The Kier molecular flexibility index (Phi) is 9.24. The predicted molar refractivity (Wildman–Crippen MR) is 178 cm³/mol. The van der Waals surface area contributed by atoms with Crippen molar-refractivity contribution in [1.82, 2.24) is 9.88 Å². The predicted octanol–water partition coefficient (Wildman–Crippen LogP) is 7.34. The van der Waals surface area contributed by atoms with Gasteiger partial charge in [0.1, 0.15) is 23.6 Å². The van der Waals surface area contributed by atoms with Gasteiger partial charge in [0.15, 0.2) is 18.0 Å². The molecule has 0 fully saturated rings. The molecule has 0 saturated carbocycles. The number of esters is 1. The molecule has 2 aliphatic rings. The number of fused-ring (bicyclic) bond motifs is 4. The van der Waals surface area contributed by atoms with Crippen LogP contribution in [-0.4, -0.2) is 39.2 Å². The molecule has 2 atom stereocenters. The molecule has 2 aliphatic heterocycles. The van der Waals surface area contributed by atoms with E-state index in [2.05, 4.69) is 5.32 Å². The number of hydrogen-bond acceptors (Lipinski definition) is 8. The zero-order valence-corrected chi connectivity index (χ0v) is 26.6. The lowest BCUT2D eigenvalue weighted by molar-refractivity contribution is -0.162. The number of nitrogens with one attached hydrogen (secondary N) is 1. The molecule has 7 rings (SSSR count). The van der Waals surface area contributed by atoms with Gasteiger partial charge in [0.25, 0.3) is 0 Å². The first kappa shape index (κ1) is 32.1. The van der Waals surface area contributed by atoms with E-state index in [1.807, 2.05) is 97.1 Å². The van der Waals surface area contributed by atoms with Crippen molar-refractivity contribution in [3.05, 3.63) is 120 Å². The lowest BCUT2D eigenvalue weighted by atomic mass is 9.86. The van der Waals surface area contributed by atoms with E-state index >= 15 is 0 Å². The lowest BCUT2D eigenvalue weighted by Gasteiger charge is -2.31. The minimum Gasteiger partial charge on any atom is -0.494 e. The van der Waals surface area contributed by atoms with Crippen LogP contribution in [0.5, 0.6) is 23.3 Å². The molecule has 4 aromatic carbocycles. The first-order valence-corrected chi connectivity index (χ1v) is 15.6. The van der Waals surface area contributed by atoms with Gasteiger partial charge in [0, 0.05) is 41.7 Å². The van der Waals surface area contributed by atoms with Crippen LogP contribution in [0.25, 0.3) is 22.3 Å². The molecule has 1 aromatic heterocycles. The van der Waals surface area contributed by atoms with Gasteiger partial charge in [0.2, 0.25) is 6.79 Å². The molecule has 0 radical (unpaired) electrons. The minimum absolute atomic E-state index is 0.0171. The summed E-state index contributed by atoms with van der Waals surface area (Å²) in [4.78, 5) is 27.5. The Morgan fingerprint density at radius 2 is 1.44 bits per heavy atom. The maximum Gasteiger partial charge on any atom is 0.408 e. The van der Waals surface area contributed by atoms with Crippen molar-refractivity contribution in [3.8, 4) is 45.5 Å². The Morgan fingerprint density at radius 3 is 2.04 bits per heavy atom. The number of benzene rings is 4. The molecule has 246 valence electrons. The van der Waals surface area contributed by atoms with Crippen LogP contribution in [0.15, 0.2) is 109 Å². The van der Waals surface area contributed by atoms with Gasteiger partial charge in [-0.3, -0.25) is 0 Å². The molecule has 1 unspecified atom stereocenters. The Bertz CT molecular complexity index is 1870. The van der Waals surface area contributed by atoms with E-state index < -0.39 is 23.8 Å². The second kappa shape index (κ2) is 13.8. The highest BCUT2D eigenvalue weighted by atomic mass is 16.7. The van der Waals surface area contributed by atoms with Crippen molar-refractivity contribution in [1.29, 1.82) is 0 Å². The molecule has 0 aliphatic carbocycles. The zero-order chi connectivity index (χ0) is 33.7. The third-order valence-corrected chi connectivity index (χ3v) is 8.20. The zero-order valence-electron chi connectivity index (χ0n) is 26.6. The normalized spacial score (nSPS) is 13.7. The number of nitrogens with zero attached hydrogens (tertiary/aromatic N) is 1. The minimum atomic E-state index is -1.71. The second-order valence-electron chi connectivity index (χ2n) is 11.6. The summed E-state index contributed by atoms with van der Waals surface area (Å²) in [5.74, 6) is -0.340. The van der Waals surface area contributed by atoms with Crippen LogP contribution in [0.1, 0.15) is 37.6 Å². The summed E-state index contributed by atoms with van der Waals surface area (Å²) < 4.78 is 24.8. The Hall–Kier alpha value is -5.90. The van der Waals surface area contributed by atoms with Crippen LogP contribution in [0.3, 0.4) is 0 Å². The van der Waals surface area contributed by atoms with Gasteiger partial charge < -0.3 is 34.5 Å². The van der Waals surface area contributed by atoms with Crippen molar-refractivity contribution < 1.29 is 38.7 Å². The number of ether oxygens (including phenoxy) is 4. The van der Waals surface area contributed by atoms with Gasteiger partial charge in [-0.2, -0.15) is 0 Å².